The van der Waals surface area contributed by atoms with Crippen LogP contribution in [0.3, 0.4) is 0 Å². The predicted molar refractivity (Wildman–Crippen MR) is 84.5 cm³/mol. The van der Waals surface area contributed by atoms with Gasteiger partial charge in [-0.25, -0.2) is 0 Å². The molecule has 0 atom stereocenters. The third kappa shape index (κ3) is 2.72. The van der Waals surface area contributed by atoms with E-state index < -0.39 is 5.60 Å². The van der Waals surface area contributed by atoms with Gasteiger partial charge in [0.1, 0.15) is 5.60 Å². The molecule has 0 unspecified atom stereocenters. The first-order chi connectivity index (χ1) is 9.50. The molecule has 1 aliphatic rings. The Labute approximate surface area is 127 Å². The molecule has 0 aromatic heterocycles. The molecule has 0 fully saturated rings. The number of rotatable bonds is 1. The van der Waals surface area contributed by atoms with Crippen LogP contribution in [0.2, 0.25) is 0 Å². The van der Waals surface area contributed by atoms with E-state index >= 15 is 0 Å². The van der Waals surface area contributed by atoms with Gasteiger partial charge in [-0.05, 0) is 64.8 Å². The fourth-order valence-corrected chi connectivity index (χ4v) is 3.26. The summed E-state index contributed by atoms with van der Waals surface area (Å²) >= 11 is 0. The molecule has 1 N–H and O–H groups in total. The molecular weight excluding hydrogens is 262 g/mol. The van der Waals surface area contributed by atoms with Gasteiger partial charge >= 0.3 is 0 Å². The third-order valence-corrected chi connectivity index (χ3v) is 4.05. The van der Waals surface area contributed by atoms with Crippen molar-refractivity contribution in [2.75, 3.05) is 7.11 Å². The maximum atomic E-state index is 9.74. The number of hydroxylamine groups is 2. The van der Waals surface area contributed by atoms with Gasteiger partial charge in [0.15, 0.2) is 0 Å². The molecule has 0 saturated heterocycles. The van der Waals surface area contributed by atoms with Crippen LogP contribution in [0.1, 0.15) is 58.2 Å². The van der Waals surface area contributed by atoms with Crippen molar-refractivity contribution in [3.05, 3.63) is 34.9 Å². The van der Waals surface area contributed by atoms with E-state index in [4.69, 9.17) is 4.84 Å². The number of hydrogen-bond acceptors (Lipinski definition) is 3. The molecular formula is C18H25NO2. The van der Waals surface area contributed by atoms with E-state index in [2.05, 4.69) is 51.7 Å². The van der Waals surface area contributed by atoms with Crippen LogP contribution in [0, 0.1) is 11.8 Å². The highest BCUT2D eigenvalue weighted by Gasteiger charge is 2.49. The van der Waals surface area contributed by atoms with E-state index in [9.17, 15) is 5.11 Å². The lowest BCUT2D eigenvalue weighted by Crippen LogP contribution is -2.44. The summed E-state index contributed by atoms with van der Waals surface area (Å²) in [5.41, 5.74) is 2.00. The van der Waals surface area contributed by atoms with Crippen LogP contribution in [0.5, 0.6) is 0 Å². The van der Waals surface area contributed by atoms with Gasteiger partial charge < -0.3 is 9.94 Å². The zero-order valence-electron chi connectivity index (χ0n) is 14.0. The first-order valence-corrected chi connectivity index (χ1v) is 7.25. The van der Waals surface area contributed by atoms with Crippen LogP contribution in [-0.4, -0.2) is 22.9 Å². The Bertz CT molecular complexity index is 612. The minimum absolute atomic E-state index is 0.185. The second kappa shape index (κ2) is 4.84. The second-order valence-electron chi connectivity index (χ2n) is 7.16. The molecule has 21 heavy (non-hydrogen) atoms. The molecule has 0 saturated carbocycles. The lowest BCUT2D eigenvalue weighted by atomic mass is 9.89. The average Bonchev–Trinajstić information content (AvgIpc) is 2.49. The summed E-state index contributed by atoms with van der Waals surface area (Å²) in [4.78, 5) is 5.64. The Morgan fingerprint density at radius 2 is 1.67 bits per heavy atom. The summed E-state index contributed by atoms with van der Waals surface area (Å²) in [6.45, 7) is 12.0. The van der Waals surface area contributed by atoms with Crippen molar-refractivity contribution in [1.29, 1.82) is 0 Å². The van der Waals surface area contributed by atoms with Crippen molar-refractivity contribution >= 4 is 0 Å². The Morgan fingerprint density at radius 3 is 2.19 bits per heavy atom. The molecule has 2 rings (SSSR count). The maximum Gasteiger partial charge on any atom is 0.120 e. The van der Waals surface area contributed by atoms with Crippen molar-refractivity contribution < 1.29 is 9.94 Å². The molecule has 3 heteroatoms. The van der Waals surface area contributed by atoms with Crippen LogP contribution < -0.4 is 0 Å². The molecule has 0 bridgehead atoms. The molecule has 0 spiro atoms. The Hall–Kier alpha value is -1.34. The van der Waals surface area contributed by atoms with Crippen LogP contribution in [0.4, 0.5) is 0 Å². The van der Waals surface area contributed by atoms with E-state index in [0.29, 0.717) is 0 Å². The maximum absolute atomic E-state index is 9.74. The Balaban J connectivity index is 2.54. The van der Waals surface area contributed by atoms with Crippen LogP contribution in [0.25, 0.3) is 0 Å². The van der Waals surface area contributed by atoms with E-state index in [1.807, 2.05) is 11.1 Å². The standard InChI is InChI=1S/C18H25NO2/c1-16(2,20)11-10-13-8-9-14-15(12-13)18(5,6)19(21-7)17(14,3)4/h8-9,12,20H,1-7H3. The topological polar surface area (TPSA) is 32.7 Å². The van der Waals surface area contributed by atoms with Gasteiger partial charge in [-0.15, -0.1) is 0 Å². The van der Waals surface area contributed by atoms with Crippen molar-refractivity contribution in [2.45, 2.75) is 58.2 Å². The van der Waals surface area contributed by atoms with Crippen LogP contribution in [-0.2, 0) is 15.9 Å². The van der Waals surface area contributed by atoms with Crippen molar-refractivity contribution in [1.82, 2.24) is 5.06 Å². The SMILES string of the molecule is CON1C(C)(C)c2ccc(C#CC(C)(C)O)cc2C1(C)C. The van der Waals surface area contributed by atoms with E-state index in [1.165, 1.54) is 11.1 Å². The molecule has 0 radical (unpaired) electrons. The Kier molecular flexibility index (Phi) is 3.70. The van der Waals surface area contributed by atoms with Crippen molar-refractivity contribution in [2.24, 2.45) is 0 Å². The summed E-state index contributed by atoms with van der Waals surface area (Å²) in [6, 6.07) is 6.23. The fourth-order valence-electron chi connectivity index (χ4n) is 3.26. The third-order valence-electron chi connectivity index (χ3n) is 4.05. The molecule has 0 aliphatic carbocycles. The summed E-state index contributed by atoms with van der Waals surface area (Å²) in [5, 5.41) is 11.8. The van der Waals surface area contributed by atoms with Gasteiger partial charge in [0.2, 0.25) is 0 Å². The van der Waals surface area contributed by atoms with Gasteiger partial charge in [0.05, 0.1) is 18.2 Å². The summed E-state index contributed by atoms with van der Waals surface area (Å²) in [7, 11) is 1.71. The fraction of sp³-hybridized carbons (Fsp3) is 0.556. The highest BCUT2D eigenvalue weighted by atomic mass is 16.7. The zero-order chi connectivity index (χ0) is 16.1. The number of hydrogen-bond donors (Lipinski definition) is 1. The van der Waals surface area contributed by atoms with E-state index in [1.54, 1.807) is 21.0 Å². The average molecular weight is 287 g/mol. The number of nitrogens with zero attached hydrogens (tertiary/aromatic N) is 1. The second-order valence-corrected chi connectivity index (χ2v) is 7.16. The first kappa shape index (κ1) is 16.0. The van der Waals surface area contributed by atoms with Gasteiger partial charge in [0, 0.05) is 5.56 Å². The highest BCUT2D eigenvalue weighted by molar-refractivity contribution is 5.49. The lowest BCUT2D eigenvalue weighted by Gasteiger charge is -2.38. The number of aliphatic hydroxyl groups is 1. The molecule has 0 amide bonds. The zero-order valence-corrected chi connectivity index (χ0v) is 14.0. The van der Waals surface area contributed by atoms with Crippen molar-refractivity contribution in [3.63, 3.8) is 0 Å². The van der Waals surface area contributed by atoms with Gasteiger partial charge in [-0.3, -0.25) is 0 Å². The van der Waals surface area contributed by atoms with Gasteiger partial charge in [0.25, 0.3) is 0 Å². The van der Waals surface area contributed by atoms with E-state index in [0.717, 1.165) is 5.56 Å². The minimum atomic E-state index is -0.980. The summed E-state index contributed by atoms with van der Waals surface area (Å²) in [6.07, 6.45) is 0. The summed E-state index contributed by atoms with van der Waals surface area (Å²) in [5.74, 6) is 5.92. The summed E-state index contributed by atoms with van der Waals surface area (Å²) < 4.78 is 0. The van der Waals surface area contributed by atoms with Gasteiger partial charge in [-0.1, -0.05) is 17.9 Å². The number of benzene rings is 1. The van der Waals surface area contributed by atoms with Crippen LogP contribution in [0.15, 0.2) is 18.2 Å². The quantitative estimate of drug-likeness (QED) is 0.805. The highest BCUT2D eigenvalue weighted by Crippen LogP contribution is 2.49. The normalized spacial score (nSPS) is 19.8. The van der Waals surface area contributed by atoms with Gasteiger partial charge in [-0.2, -0.15) is 5.06 Å². The molecule has 114 valence electrons. The first-order valence-electron chi connectivity index (χ1n) is 7.25. The number of fused-ring (bicyclic) bond motifs is 1. The van der Waals surface area contributed by atoms with Crippen LogP contribution >= 0.6 is 0 Å². The van der Waals surface area contributed by atoms with Crippen molar-refractivity contribution in [3.8, 4) is 11.8 Å². The van der Waals surface area contributed by atoms with E-state index in [-0.39, 0.29) is 11.1 Å². The Morgan fingerprint density at radius 1 is 1.10 bits per heavy atom. The molecule has 1 aromatic rings. The largest absolute Gasteiger partial charge is 0.378 e. The smallest absolute Gasteiger partial charge is 0.120 e. The molecule has 3 nitrogen and oxygen atoms in total. The predicted octanol–water partition coefficient (Wildman–Crippen LogP) is 3.16. The molecule has 1 aromatic carbocycles. The minimum Gasteiger partial charge on any atom is -0.378 e. The molecule has 1 heterocycles. The lowest BCUT2D eigenvalue weighted by molar-refractivity contribution is -0.241. The monoisotopic (exact) mass is 287 g/mol. The molecule has 1 aliphatic heterocycles.